The highest BCUT2D eigenvalue weighted by molar-refractivity contribution is 5.95. The van der Waals surface area contributed by atoms with Gasteiger partial charge in [-0.15, -0.1) is 0 Å². The van der Waals surface area contributed by atoms with E-state index in [0.29, 0.717) is 17.7 Å². The molecule has 2 aromatic rings. The van der Waals surface area contributed by atoms with Crippen LogP contribution in [0.1, 0.15) is 39.1 Å². The fourth-order valence-corrected chi connectivity index (χ4v) is 3.11. The molecule has 0 radical (unpaired) electrons. The van der Waals surface area contributed by atoms with Crippen LogP contribution in [0.3, 0.4) is 0 Å². The third kappa shape index (κ3) is 4.23. The topological polar surface area (TPSA) is 52.7 Å². The highest BCUT2D eigenvalue weighted by atomic mass is 16.2. The second kappa shape index (κ2) is 8.04. The summed E-state index contributed by atoms with van der Waals surface area (Å²) < 4.78 is 0. The molecule has 1 fully saturated rings. The SMILES string of the molecule is CN(C)c1ccc(C(=O)NCc2cccc(C(=O)N3CCCC3)c2)cc1. The predicted octanol–water partition coefficient (Wildman–Crippen LogP) is 2.92. The van der Waals surface area contributed by atoms with Gasteiger partial charge in [0.15, 0.2) is 0 Å². The minimum absolute atomic E-state index is 0.0787. The molecule has 1 aliphatic heterocycles. The zero-order valence-corrected chi connectivity index (χ0v) is 15.4. The van der Waals surface area contributed by atoms with Gasteiger partial charge >= 0.3 is 0 Å². The third-order valence-corrected chi connectivity index (χ3v) is 4.67. The molecule has 0 atom stereocenters. The van der Waals surface area contributed by atoms with Crippen molar-refractivity contribution in [3.8, 4) is 0 Å². The van der Waals surface area contributed by atoms with E-state index >= 15 is 0 Å². The minimum Gasteiger partial charge on any atom is -0.378 e. The second-order valence-corrected chi connectivity index (χ2v) is 6.82. The Kier molecular flexibility index (Phi) is 5.56. The normalized spacial score (nSPS) is 13.5. The van der Waals surface area contributed by atoms with Crippen LogP contribution in [0.25, 0.3) is 0 Å². The molecule has 0 saturated carbocycles. The zero-order chi connectivity index (χ0) is 18.5. The highest BCUT2D eigenvalue weighted by Crippen LogP contribution is 2.15. The summed E-state index contributed by atoms with van der Waals surface area (Å²) in [5, 5.41) is 2.92. The fraction of sp³-hybridized carbons (Fsp3) is 0.333. The Labute approximate surface area is 154 Å². The number of nitrogens with zero attached hydrogens (tertiary/aromatic N) is 2. The summed E-state index contributed by atoms with van der Waals surface area (Å²) in [6.45, 7) is 2.07. The Morgan fingerprint density at radius 3 is 2.35 bits per heavy atom. The average molecular weight is 351 g/mol. The molecule has 1 saturated heterocycles. The fourth-order valence-electron chi connectivity index (χ4n) is 3.11. The molecule has 0 spiro atoms. The van der Waals surface area contributed by atoms with Crippen molar-refractivity contribution in [2.45, 2.75) is 19.4 Å². The highest BCUT2D eigenvalue weighted by Gasteiger charge is 2.19. The second-order valence-electron chi connectivity index (χ2n) is 6.82. The number of rotatable bonds is 5. The van der Waals surface area contributed by atoms with Crippen LogP contribution >= 0.6 is 0 Å². The van der Waals surface area contributed by atoms with Gasteiger partial charge in [-0.25, -0.2) is 0 Å². The van der Waals surface area contributed by atoms with Crippen molar-refractivity contribution in [3.63, 3.8) is 0 Å². The van der Waals surface area contributed by atoms with Crippen LogP contribution in [-0.4, -0.2) is 43.9 Å². The largest absolute Gasteiger partial charge is 0.378 e. The number of hydrogen-bond donors (Lipinski definition) is 1. The van der Waals surface area contributed by atoms with E-state index in [9.17, 15) is 9.59 Å². The van der Waals surface area contributed by atoms with E-state index in [1.807, 2.05) is 72.4 Å². The van der Waals surface area contributed by atoms with Crippen molar-refractivity contribution in [1.82, 2.24) is 10.2 Å². The summed E-state index contributed by atoms with van der Waals surface area (Å²) in [4.78, 5) is 28.7. The summed E-state index contributed by atoms with van der Waals surface area (Å²) in [6, 6.07) is 15.0. The first-order valence-electron chi connectivity index (χ1n) is 8.98. The Bertz CT molecular complexity index is 778. The molecule has 0 unspecified atom stereocenters. The molecule has 1 N–H and O–H groups in total. The van der Waals surface area contributed by atoms with E-state index in [4.69, 9.17) is 0 Å². The molecule has 3 rings (SSSR count). The summed E-state index contributed by atoms with van der Waals surface area (Å²) in [5.74, 6) is -0.0403. The van der Waals surface area contributed by atoms with E-state index in [1.165, 1.54) is 0 Å². The molecule has 1 heterocycles. The van der Waals surface area contributed by atoms with Gasteiger partial charge in [0.05, 0.1) is 0 Å². The maximum Gasteiger partial charge on any atom is 0.253 e. The molecule has 1 aliphatic rings. The first-order chi connectivity index (χ1) is 12.5. The lowest BCUT2D eigenvalue weighted by Gasteiger charge is -2.16. The Hall–Kier alpha value is -2.82. The van der Waals surface area contributed by atoms with Crippen LogP contribution in [0, 0.1) is 0 Å². The molecule has 0 bridgehead atoms. The van der Waals surface area contributed by atoms with Gasteiger partial charge in [0, 0.05) is 50.5 Å². The number of nitrogens with one attached hydrogen (secondary N) is 1. The molecule has 136 valence electrons. The lowest BCUT2D eigenvalue weighted by atomic mass is 10.1. The summed E-state index contributed by atoms with van der Waals surface area (Å²) in [7, 11) is 3.93. The minimum atomic E-state index is -0.119. The van der Waals surface area contributed by atoms with Crippen molar-refractivity contribution in [2.24, 2.45) is 0 Å². The van der Waals surface area contributed by atoms with Crippen LogP contribution in [0.15, 0.2) is 48.5 Å². The predicted molar refractivity (Wildman–Crippen MR) is 104 cm³/mol. The van der Waals surface area contributed by atoms with Gasteiger partial charge in [-0.1, -0.05) is 12.1 Å². The zero-order valence-electron chi connectivity index (χ0n) is 15.4. The standard InChI is InChI=1S/C21H25N3O2/c1-23(2)19-10-8-17(9-11-19)20(25)22-15-16-6-5-7-18(14-16)21(26)24-12-3-4-13-24/h5-11,14H,3-4,12-13,15H2,1-2H3,(H,22,25). The first-order valence-corrected chi connectivity index (χ1v) is 8.98. The van der Waals surface area contributed by atoms with Crippen molar-refractivity contribution in [1.29, 1.82) is 0 Å². The maximum atomic E-state index is 12.5. The van der Waals surface area contributed by atoms with Crippen LogP contribution in [0.5, 0.6) is 0 Å². The monoisotopic (exact) mass is 351 g/mol. The number of amides is 2. The van der Waals surface area contributed by atoms with Crippen molar-refractivity contribution >= 4 is 17.5 Å². The molecular weight excluding hydrogens is 326 g/mol. The van der Waals surface area contributed by atoms with Crippen molar-refractivity contribution in [3.05, 3.63) is 65.2 Å². The van der Waals surface area contributed by atoms with Gasteiger partial charge in [0.1, 0.15) is 0 Å². The van der Waals surface area contributed by atoms with Crippen molar-refractivity contribution < 1.29 is 9.59 Å². The lowest BCUT2D eigenvalue weighted by molar-refractivity contribution is 0.0792. The van der Waals surface area contributed by atoms with Gasteiger partial charge in [0.2, 0.25) is 0 Å². The number of carbonyl (C=O) groups excluding carboxylic acids is 2. The number of likely N-dealkylation sites (tertiary alicyclic amines) is 1. The van der Waals surface area contributed by atoms with Gasteiger partial charge in [-0.2, -0.15) is 0 Å². The molecule has 2 amide bonds. The average Bonchev–Trinajstić information content (AvgIpc) is 3.20. The number of hydrogen-bond acceptors (Lipinski definition) is 3. The van der Waals surface area contributed by atoms with Gasteiger partial charge in [-0.3, -0.25) is 9.59 Å². The number of benzene rings is 2. The molecule has 5 nitrogen and oxygen atoms in total. The van der Waals surface area contributed by atoms with Crippen molar-refractivity contribution in [2.75, 3.05) is 32.1 Å². The van der Waals surface area contributed by atoms with E-state index in [-0.39, 0.29) is 11.8 Å². The summed E-state index contributed by atoms with van der Waals surface area (Å²) in [5.41, 5.74) is 3.29. The number of carbonyl (C=O) groups is 2. The van der Waals surface area contributed by atoms with E-state index < -0.39 is 0 Å². The van der Waals surface area contributed by atoms with Gasteiger partial charge in [0.25, 0.3) is 11.8 Å². The Balaban J connectivity index is 1.61. The van der Waals surface area contributed by atoms with Crippen LogP contribution in [0.4, 0.5) is 5.69 Å². The molecule has 0 aromatic heterocycles. The van der Waals surface area contributed by atoms with Crippen LogP contribution < -0.4 is 10.2 Å². The molecular formula is C21H25N3O2. The quantitative estimate of drug-likeness (QED) is 0.901. The van der Waals surface area contributed by atoms with Gasteiger partial charge in [-0.05, 0) is 54.8 Å². The Morgan fingerprint density at radius 1 is 1.00 bits per heavy atom. The van der Waals surface area contributed by atoms with E-state index in [0.717, 1.165) is 37.2 Å². The van der Waals surface area contributed by atoms with Gasteiger partial charge < -0.3 is 15.1 Å². The Morgan fingerprint density at radius 2 is 1.69 bits per heavy atom. The number of anilines is 1. The van der Waals surface area contributed by atoms with Crippen LogP contribution in [0.2, 0.25) is 0 Å². The third-order valence-electron chi connectivity index (χ3n) is 4.67. The molecule has 0 aliphatic carbocycles. The summed E-state index contributed by atoms with van der Waals surface area (Å²) >= 11 is 0. The molecule has 5 heteroatoms. The first kappa shape index (κ1) is 18.0. The van der Waals surface area contributed by atoms with Crippen LogP contribution in [-0.2, 0) is 6.54 Å². The smallest absolute Gasteiger partial charge is 0.253 e. The maximum absolute atomic E-state index is 12.5. The van der Waals surface area contributed by atoms with E-state index in [1.54, 1.807) is 0 Å². The lowest BCUT2D eigenvalue weighted by Crippen LogP contribution is -2.28. The summed E-state index contributed by atoms with van der Waals surface area (Å²) in [6.07, 6.45) is 2.15. The van der Waals surface area contributed by atoms with E-state index in [2.05, 4.69) is 5.32 Å². The molecule has 2 aromatic carbocycles. The molecule has 26 heavy (non-hydrogen) atoms.